The molecular weight excluding hydrogens is 334 g/mol. The Kier molecular flexibility index (Phi) is 4.70. The van der Waals surface area contributed by atoms with Crippen LogP contribution in [0.3, 0.4) is 0 Å². The van der Waals surface area contributed by atoms with Crippen molar-refractivity contribution in [2.45, 2.75) is 0 Å². The standard InChI is InChI=1S/C23H17N3O/c27-26-23(19-13-7-15-24-21(19)17-9-3-1-4-10-17)20-14-8-16-25-22(20)18-11-5-2-6-12-18/h1-16,27H. The van der Waals surface area contributed by atoms with Crippen LogP contribution in [0, 0.1) is 0 Å². The average Bonchev–Trinajstić information content (AvgIpc) is 2.76. The van der Waals surface area contributed by atoms with Crippen LogP contribution in [-0.2, 0) is 0 Å². The highest BCUT2D eigenvalue weighted by Crippen LogP contribution is 2.28. The number of benzene rings is 2. The molecule has 1 N–H and O–H groups in total. The molecule has 0 aliphatic carbocycles. The first-order valence-electron chi connectivity index (χ1n) is 8.62. The Morgan fingerprint density at radius 3 is 1.44 bits per heavy atom. The molecule has 0 fully saturated rings. The normalized spacial score (nSPS) is 10.4. The van der Waals surface area contributed by atoms with Crippen molar-refractivity contribution in [1.82, 2.24) is 9.97 Å². The lowest BCUT2D eigenvalue weighted by atomic mass is 9.94. The first-order chi connectivity index (χ1) is 13.4. The quantitative estimate of drug-likeness (QED) is 0.318. The SMILES string of the molecule is ON=C(c1cccnc1-c1ccccc1)c1cccnc1-c1ccccc1. The maximum atomic E-state index is 9.91. The second-order valence-electron chi connectivity index (χ2n) is 5.98. The van der Waals surface area contributed by atoms with Crippen molar-refractivity contribution >= 4 is 5.71 Å². The second-order valence-corrected chi connectivity index (χ2v) is 5.98. The Labute approximate surface area is 157 Å². The van der Waals surface area contributed by atoms with Crippen molar-refractivity contribution in [3.63, 3.8) is 0 Å². The van der Waals surface area contributed by atoms with Gasteiger partial charge in [-0.3, -0.25) is 9.97 Å². The van der Waals surface area contributed by atoms with Gasteiger partial charge in [-0.1, -0.05) is 65.8 Å². The lowest BCUT2D eigenvalue weighted by molar-refractivity contribution is 0.319. The Bertz CT molecular complexity index is 992. The van der Waals surface area contributed by atoms with Crippen LogP contribution in [0.4, 0.5) is 0 Å². The van der Waals surface area contributed by atoms with Crippen LogP contribution < -0.4 is 0 Å². The van der Waals surface area contributed by atoms with Crippen molar-refractivity contribution in [3.8, 4) is 22.5 Å². The molecule has 0 aliphatic heterocycles. The van der Waals surface area contributed by atoms with Gasteiger partial charge in [0.05, 0.1) is 11.4 Å². The summed E-state index contributed by atoms with van der Waals surface area (Å²) in [5, 5.41) is 13.5. The van der Waals surface area contributed by atoms with E-state index in [0.717, 1.165) is 33.6 Å². The largest absolute Gasteiger partial charge is 0.410 e. The van der Waals surface area contributed by atoms with E-state index < -0.39 is 0 Å². The third-order valence-corrected chi connectivity index (χ3v) is 4.32. The molecule has 4 aromatic rings. The summed E-state index contributed by atoms with van der Waals surface area (Å²) in [7, 11) is 0. The summed E-state index contributed by atoms with van der Waals surface area (Å²) in [5.41, 5.74) is 5.36. The van der Waals surface area contributed by atoms with Gasteiger partial charge in [0.2, 0.25) is 0 Å². The van der Waals surface area contributed by atoms with E-state index in [2.05, 4.69) is 15.1 Å². The van der Waals surface area contributed by atoms with E-state index >= 15 is 0 Å². The zero-order valence-corrected chi connectivity index (χ0v) is 14.5. The van der Waals surface area contributed by atoms with Gasteiger partial charge in [0.15, 0.2) is 0 Å². The van der Waals surface area contributed by atoms with Crippen LogP contribution in [0.15, 0.2) is 102 Å². The highest BCUT2D eigenvalue weighted by molar-refractivity contribution is 6.18. The van der Waals surface area contributed by atoms with Gasteiger partial charge in [0.1, 0.15) is 5.71 Å². The summed E-state index contributed by atoms with van der Waals surface area (Å²) < 4.78 is 0. The Balaban J connectivity index is 1.90. The predicted octanol–water partition coefficient (Wildman–Crippen LogP) is 5.04. The Hall–Kier alpha value is -3.79. The molecule has 4 heteroatoms. The minimum atomic E-state index is 0.439. The zero-order chi connectivity index (χ0) is 18.5. The fraction of sp³-hybridized carbons (Fsp3) is 0. The van der Waals surface area contributed by atoms with Crippen molar-refractivity contribution in [2.75, 3.05) is 0 Å². The Morgan fingerprint density at radius 2 is 1.04 bits per heavy atom. The predicted molar refractivity (Wildman–Crippen MR) is 107 cm³/mol. The molecule has 2 aromatic heterocycles. The van der Waals surface area contributed by atoms with E-state index in [0.29, 0.717) is 5.71 Å². The van der Waals surface area contributed by atoms with Crippen LogP contribution in [0.2, 0.25) is 0 Å². The summed E-state index contributed by atoms with van der Waals surface area (Å²) in [6.07, 6.45) is 3.48. The minimum absolute atomic E-state index is 0.439. The van der Waals surface area contributed by atoms with Gasteiger partial charge in [0.25, 0.3) is 0 Å². The third-order valence-electron chi connectivity index (χ3n) is 4.32. The van der Waals surface area contributed by atoms with Gasteiger partial charge < -0.3 is 5.21 Å². The fourth-order valence-corrected chi connectivity index (χ4v) is 3.10. The van der Waals surface area contributed by atoms with Gasteiger partial charge in [-0.15, -0.1) is 0 Å². The lowest BCUT2D eigenvalue weighted by Crippen LogP contribution is -2.09. The minimum Gasteiger partial charge on any atom is -0.410 e. The number of pyridine rings is 2. The topological polar surface area (TPSA) is 58.4 Å². The van der Waals surface area contributed by atoms with Crippen molar-refractivity contribution in [3.05, 3.63) is 108 Å². The van der Waals surface area contributed by atoms with Gasteiger partial charge in [-0.05, 0) is 24.3 Å². The van der Waals surface area contributed by atoms with E-state index in [4.69, 9.17) is 0 Å². The molecule has 0 bridgehead atoms. The zero-order valence-electron chi connectivity index (χ0n) is 14.5. The number of hydrogen-bond donors (Lipinski definition) is 1. The number of nitrogens with zero attached hydrogens (tertiary/aromatic N) is 3. The summed E-state index contributed by atoms with van der Waals surface area (Å²) in [6.45, 7) is 0. The van der Waals surface area contributed by atoms with E-state index in [1.807, 2.05) is 84.9 Å². The van der Waals surface area contributed by atoms with E-state index in [-0.39, 0.29) is 0 Å². The fourth-order valence-electron chi connectivity index (χ4n) is 3.10. The number of hydrogen-bond acceptors (Lipinski definition) is 4. The summed E-state index contributed by atoms with van der Waals surface area (Å²) >= 11 is 0. The maximum Gasteiger partial charge on any atom is 0.121 e. The smallest absolute Gasteiger partial charge is 0.121 e. The average molecular weight is 351 g/mol. The molecule has 0 spiro atoms. The first kappa shape index (κ1) is 16.7. The van der Waals surface area contributed by atoms with Crippen molar-refractivity contribution < 1.29 is 5.21 Å². The van der Waals surface area contributed by atoms with Gasteiger partial charge >= 0.3 is 0 Å². The second kappa shape index (κ2) is 7.62. The van der Waals surface area contributed by atoms with Gasteiger partial charge in [-0.25, -0.2) is 0 Å². The van der Waals surface area contributed by atoms with Crippen molar-refractivity contribution in [2.24, 2.45) is 5.16 Å². The number of rotatable bonds is 4. The lowest BCUT2D eigenvalue weighted by Gasteiger charge is -2.13. The van der Waals surface area contributed by atoms with E-state index in [1.165, 1.54) is 0 Å². The molecule has 0 atom stereocenters. The van der Waals surface area contributed by atoms with Gasteiger partial charge in [-0.2, -0.15) is 0 Å². The molecule has 0 saturated carbocycles. The molecule has 2 heterocycles. The molecule has 0 amide bonds. The molecule has 0 saturated heterocycles. The van der Waals surface area contributed by atoms with Crippen LogP contribution >= 0.6 is 0 Å². The molecule has 0 unspecified atom stereocenters. The molecule has 0 radical (unpaired) electrons. The third kappa shape index (κ3) is 3.33. The molecule has 4 nitrogen and oxygen atoms in total. The summed E-state index contributed by atoms with van der Waals surface area (Å²) in [4.78, 5) is 9.07. The van der Waals surface area contributed by atoms with Crippen molar-refractivity contribution in [1.29, 1.82) is 0 Å². The molecule has 2 aromatic carbocycles. The van der Waals surface area contributed by atoms with Crippen LogP contribution in [0.5, 0.6) is 0 Å². The van der Waals surface area contributed by atoms with E-state index in [1.54, 1.807) is 12.4 Å². The molecule has 130 valence electrons. The molecule has 4 rings (SSSR count). The van der Waals surface area contributed by atoms with Crippen LogP contribution in [0.1, 0.15) is 11.1 Å². The van der Waals surface area contributed by atoms with Gasteiger partial charge in [0, 0.05) is 34.6 Å². The highest BCUT2D eigenvalue weighted by atomic mass is 16.4. The summed E-state index contributed by atoms with van der Waals surface area (Å²) in [5.74, 6) is 0. The van der Waals surface area contributed by atoms with Crippen LogP contribution in [0.25, 0.3) is 22.5 Å². The molecule has 0 aliphatic rings. The van der Waals surface area contributed by atoms with E-state index in [9.17, 15) is 5.21 Å². The summed E-state index contributed by atoms with van der Waals surface area (Å²) in [6, 6.07) is 27.2. The maximum absolute atomic E-state index is 9.91. The first-order valence-corrected chi connectivity index (χ1v) is 8.62. The highest BCUT2D eigenvalue weighted by Gasteiger charge is 2.18. The monoisotopic (exact) mass is 351 g/mol. The molecular formula is C23H17N3O. The number of oxime groups is 1. The van der Waals surface area contributed by atoms with Crippen LogP contribution in [-0.4, -0.2) is 20.9 Å². The molecule has 27 heavy (non-hydrogen) atoms. The Morgan fingerprint density at radius 1 is 0.593 bits per heavy atom. The number of aromatic nitrogens is 2.